The maximum absolute atomic E-state index is 11.4. The molecule has 0 heterocycles. The van der Waals surface area contributed by atoms with Gasteiger partial charge in [0.2, 0.25) is 0 Å². The highest BCUT2D eigenvalue weighted by atomic mass is 79.9. The number of hydrogen-bond acceptors (Lipinski definition) is 1. The smallest absolute Gasteiger partial charge is 0.140 e. The molecule has 3 fully saturated rings. The van der Waals surface area contributed by atoms with E-state index in [2.05, 4.69) is 15.9 Å². The van der Waals surface area contributed by atoms with E-state index in [4.69, 9.17) is 1.37 Å². The van der Waals surface area contributed by atoms with Gasteiger partial charge in [-0.15, -0.1) is 0 Å². The lowest BCUT2D eigenvalue weighted by Gasteiger charge is -2.36. The van der Waals surface area contributed by atoms with Gasteiger partial charge in [-0.05, 0) is 30.1 Å². The Morgan fingerprint density at radius 3 is 2.82 bits per heavy atom. The van der Waals surface area contributed by atoms with Gasteiger partial charge in [0, 0.05) is 12.3 Å². The zero-order valence-corrected chi connectivity index (χ0v) is 7.86. The van der Waals surface area contributed by atoms with E-state index in [0.29, 0.717) is 16.7 Å². The Morgan fingerprint density at radius 2 is 2.36 bits per heavy atom. The number of carbonyl (C=O) groups is 1. The van der Waals surface area contributed by atoms with E-state index in [1.807, 2.05) is 0 Å². The fraction of sp³-hybridized carbons (Fsp3) is 0.667. The Labute approximate surface area is 76.4 Å². The first-order valence-corrected chi connectivity index (χ1v) is 4.85. The number of rotatable bonds is 0. The van der Waals surface area contributed by atoms with Gasteiger partial charge >= 0.3 is 0 Å². The van der Waals surface area contributed by atoms with E-state index in [1.54, 1.807) is 0 Å². The van der Waals surface area contributed by atoms with Gasteiger partial charge in [0.1, 0.15) is 5.78 Å². The maximum atomic E-state index is 11.4. The minimum absolute atomic E-state index is 0.0851. The number of Topliss-reactive ketones (excluding diaryl/α,β-unsaturated/α-hetero) is 1. The van der Waals surface area contributed by atoms with E-state index in [0.717, 1.165) is 24.8 Å². The largest absolute Gasteiger partial charge is 0.299 e. The summed E-state index contributed by atoms with van der Waals surface area (Å²) in [6, 6.07) is 0. The van der Waals surface area contributed by atoms with Gasteiger partial charge in [0.15, 0.2) is 0 Å². The van der Waals surface area contributed by atoms with Gasteiger partial charge in [-0.1, -0.05) is 21.5 Å². The summed E-state index contributed by atoms with van der Waals surface area (Å²) < 4.78 is 7.46. The van der Waals surface area contributed by atoms with E-state index in [9.17, 15) is 4.79 Å². The molecular formula is C9H11BrO. The van der Waals surface area contributed by atoms with Crippen molar-refractivity contribution in [2.24, 2.45) is 11.8 Å². The van der Waals surface area contributed by atoms with E-state index < -0.39 is 0 Å². The predicted molar refractivity (Wildman–Crippen MR) is 47.5 cm³/mol. The Kier molecular flexibility index (Phi) is 1.60. The van der Waals surface area contributed by atoms with Crippen LogP contribution in [0.4, 0.5) is 0 Å². The Bertz CT molecular complexity index is 255. The molecule has 2 bridgehead atoms. The van der Waals surface area contributed by atoms with Crippen molar-refractivity contribution in [3.8, 4) is 0 Å². The van der Waals surface area contributed by atoms with Crippen molar-refractivity contribution in [3.05, 3.63) is 10.5 Å². The zero-order chi connectivity index (χ0) is 8.72. The molecular weight excluding hydrogens is 204 g/mol. The molecule has 0 N–H and O–H groups in total. The molecule has 0 amide bonds. The number of ketones is 1. The summed E-state index contributed by atoms with van der Waals surface area (Å²) in [4.78, 5) is 11.9. The second-order valence-corrected chi connectivity index (χ2v) is 3.89. The normalized spacial score (nSPS) is 42.3. The quantitative estimate of drug-likeness (QED) is 0.608. The van der Waals surface area contributed by atoms with Crippen LogP contribution in [-0.2, 0) is 4.79 Å². The first-order valence-electron chi connectivity index (χ1n) is 4.56. The van der Waals surface area contributed by atoms with Gasteiger partial charge in [-0.3, -0.25) is 4.79 Å². The molecule has 0 radical (unpaired) electrons. The van der Waals surface area contributed by atoms with Crippen molar-refractivity contribution in [1.29, 1.82) is 0 Å². The molecule has 2 heteroatoms. The Balaban J connectivity index is 2.31. The molecule has 11 heavy (non-hydrogen) atoms. The number of halogens is 1. The average Bonchev–Trinajstić information content (AvgIpc) is 2.04. The van der Waals surface area contributed by atoms with Crippen molar-refractivity contribution in [1.82, 2.24) is 0 Å². The number of fused-ring (bicyclic) bond motifs is 3. The lowest BCUT2D eigenvalue weighted by Crippen LogP contribution is -2.33. The van der Waals surface area contributed by atoms with Crippen LogP contribution < -0.4 is 0 Å². The molecule has 3 saturated carbocycles. The fourth-order valence-electron chi connectivity index (χ4n) is 2.19. The van der Waals surface area contributed by atoms with Crippen molar-refractivity contribution in [2.75, 3.05) is 0 Å². The van der Waals surface area contributed by atoms with Gasteiger partial charge in [0.25, 0.3) is 0 Å². The summed E-state index contributed by atoms with van der Waals surface area (Å²) in [5.74, 6) is 0.981. The van der Waals surface area contributed by atoms with Crippen molar-refractivity contribution >= 4 is 21.7 Å². The van der Waals surface area contributed by atoms with E-state index in [1.165, 1.54) is 6.42 Å². The Hall–Kier alpha value is -0.110. The summed E-state index contributed by atoms with van der Waals surface area (Å²) in [5.41, 5.74) is 1.04. The molecule has 0 spiro atoms. The predicted octanol–water partition coefficient (Wildman–Crippen LogP) is 2.65. The third-order valence-electron chi connectivity index (χ3n) is 2.79. The standard InChI is InChI=1S/C9H11BrO/c10-5-7-3-6-1-2-8(7)9(11)4-6/h5-6,8H,1-4H2/b7-5+/t6-,8+/m1/s1/i5D. The van der Waals surface area contributed by atoms with Crippen LogP contribution in [0.5, 0.6) is 0 Å². The van der Waals surface area contributed by atoms with Crippen LogP contribution in [0, 0.1) is 11.8 Å². The summed E-state index contributed by atoms with van der Waals surface area (Å²) in [7, 11) is 0. The van der Waals surface area contributed by atoms with Gasteiger partial charge < -0.3 is 0 Å². The highest BCUT2D eigenvalue weighted by molar-refractivity contribution is 9.11. The van der Waals surface area contributed by atoms with Crippen LogP contribution in [0.25, 0.3) is 0 Å². The molecule has 0 aliphatic heterocycles. The summed E-state index contributed by atoms with van der Waals surface area (Å²) in [6.07, 6.45) is 3.89. The van der Waals surface area contributed by atoms with Gasteiger partial charge in [0.05, 0.1) is 1.37 Å². The summed E-state index contributed by atoms with van der Waals surface area (Å²) in [6.45, 7) is 0. The van der Waals surface area contributed by atoms with Crippen LogP contribution in [0.2, 0.25) is 0 Å². The fourth-order valence-corrected chi connectivity index (χ4v) is 2.63. The Morgan fingerprint density at radius 1 is 1.55 bits per heavy atom. The molecule has 3 aliphatic carbocycles. The van der Waals surface area contributed by atoms with Crippen LogP contribution in [0.3, 0.4) is 0 Å². The second-order valence-electron chi connectivity index (χ2n) is 3.49. The molecule has 1 nitrogen and oxygen atoms in total. The lowest BCUT2D eigenvalue weighted by molar-refractivity contribution is -0.126. The average molecular weight is 216 g/mol. The van der Waals surface area contributed by atoms with Crippen molar-refractivity contribution in [3.63, 3.8) is 0 Å². The first kappa shape index (κ1) is 6.41. The number of carbonyl (C=O) groups excluding carboxylic acids is 1. The molecule has 3 rings (SSSR count). The first-order chi connectivity index (χ1) is 5.68. The molecule has 3 aliphatic rings. The topological polar surface area (TPSA) is 17.1 Å². The van der Waals surface area contributed by atoms with E-state index >= 15 is 0 Å². The second kappa shape index (κ2) is 2.74. The van der Waals surface area contributed by atoms with Crippen LogP contribution >= 0.6 is 15.9 Å². The third-order valence-corrected chi connectivity index (χ3v) is 3.30. The minimum Gasteiger partial charge on any atom is -0.299 e. The summed E-state index contributed by atoms with van der Waals surface area (Å²) in [5, 5.41) is 0. The van der Waals surface area contributed by atoms with Crippen LogP contribution in [0.15, 0.2) is 10.5 Å². The number of allylic oxidation sites excluding steroid dienone is 1. The van der Waals surface area contributed by atoms with Gasteiger partial charge in [-0.25, -0.2) is 0 Å². The molecule has 2 atom stereocenters. The lowest BCUT2D eigenvalue weighted by atomic mass is 9.68. The molecule has 0 aromatic carbocycles. The minimum atomic E-state index is 0.0851. The van der Waals surface area contributed by atoms with Crippen molar-refractivity contribution in [2.45, 2.75) is 25.7 Å². The molecule has 0 saturated heterocycles. The summed E-state index contributed by atoms with van der Waals surface area (Å²) >= 11 is 3.16. The molecule has 60 valence electrons. The molecule has 0 aromatic rings. The van der Waals surface area contributed by atoms with Crippen LogP contribution in [0.1, 0.15) is 27.1 Å². The highest BCUT2D eigenvalue weighted by Crippen LogP contribution is 2.42. The molecule has 0 aromatic heterocycles. The third kappa shape index (κ3) is 1.18. The SMILES string of the molecule is [2H]/C(Br)=C1/C[C@H]2CC[C@@H]1C(=O)C2. The van der Waals surface area contributed by atoms with Crippen LogP contribution in [-0.4, -0.2) is 5.78 Å². The highest BCUT2D eigenvalue weighted by Gasteiger charge is 2.37. The van der Waals surface area contributed by atoms with Crippen molar-refractivity contribution < 1.29 is 6.17 Å². The maximum Gasteiger partial charge on any atom is 0.140 e. The number of hydrogen-bond donors (Lipinski definition) is 0. The molecule has 0 unspecified atom stereocenters. The monoisotopic (exact) mass is 215 g/mol. The van der Waals surface area contributed by atoms with E-state index in [-0.39, 0.29) is 5.92 Å². The zero-order valence-electron chi connectivity index (χ0n) is 7.27. The van der Waals surface area contributed by atoms with Gasteiger partial charge in [-0.2, -0.15) is 0 Å².